The number of nitrogens with zero attached hydrogens (tertiary/aromatic N) is 1. The normalized spacial score (nSPS) is 17.0. The zero-order valence-corrected chi connectivity index (χ0v) is 17.2. The van der Waals surface area contributed by atoms with Gasteiger partial charge < -0.3 is 9.05 Å². The molecule has 1 aromatic rings. The van der Waals surface area contributed by atoms with E-state index in [1.807, 2.05) is 33.8 Å². The summed E-state index contributed by atoms with van der Waals surface area (Å²) < 4.78 is 33.7. The average molecular weight is 398 g/mol. The third-order valence-corrected chi connectivity index (χ3v) is 6.75. The minimum atomic E-state index is -2.95. The zero-order valence-electron chi connectivity index (χ0n) is 13.7. The van der Waals surface area contributed by atoms with E-state index in [1.165, 1.54) is 0 Å². The SMILES string of the molecule is CC(C)OP(=S)(S)OCCN=[S@@](=O)(OC(C)C)c1ccccc1. The van der Waals surface area contributed by atoms with E-state index < -0.39 is 15.7 Å². The Kier molecular flexibility index (Phi) is 8.72. The van der Waals surface area contributed by atoms with Crippen LogP contribution in [0.5, 0.6) is 0 Å². The van der Waals surface area contributed by atoms with Crippen molar-refractivity contribution in [2.24, 2.45) is 4.36 Å². The number of benzene rings is 1. The highest BCUT2D eigenvalue weighted by Crippen LogP contribution is 2.54. The second-order valence-electron chi connectivity index (χ2n) is 5.24. The first-order valence-electron chi connectivity index (χ1n) is 7.26. The third kappa shape index (κ3) is 8.12. The van der Waals surface area contributed by atoms with Crippen LogP contribution in [0.4, 0.5) is 0 Å². The lowest BCUT2D eigenvalue weighted by molar-refractivity contribution is 0.217. The molecule has 1 rings (SSSR count). The quantitative estimate of drug-likeness (QED) is 0.379. The Morgan fingerprint density at radius 3 is 2.35 bits per heavy atom. The van der Waals surface area contributed by atoms with Crippen LogP contribution in [0.1, 0.15) is 27.7 Å². The maximum absolute atomic E-state index is 13.0. The van der Waals surface area contributed by atoms with Crippen molar-refractivity contribution < 1.29 is 17.4 Å². The van der Waals surface area contributed by atoms with E-state index in [0.29, 0.717) is 4.90 Å². The van der Waals surface area contributed by atoms with Crippen molar-refractivity contribution in [2.45, 2.75) is 44.8 Å². The summed E-state index contributed by atoms with van der Waals surface area (Å²) in [5.74, 6) is 0. The molecular weight excluding hydrogens is 373 g/mol. The Labute approximate surface area is 149 Å². The predicted molar refractivity (Wildman–Crippen MR) is 102 cm³/mol. The highest BCUT2D eigenvalue weighted by atomic mass is 32.9. The molecule has 0 bridgehead atoms. The summed E-state index contributed by atoms with van der Waals surface area (Å²) in [7, 11) is -2.95. The predicted octanol–water partition coefficient (Wildman–Crippen LogP) is 4.45. The van der Waals surface area contributed by atoms with Crippen LogP contribution in [0.3, 0.4) is 0 Å². The Morgan fingerprint density at radius 2 is 1.83 bits per heavy atom. The molecule has 0 saturated carbocycles. The summed E-state index contributed by atoms with van der Waals surface area (Å²) in [5.41, 5.74) is -2.60. The van der Waals surface area contributed by atoms with E-state index in [2.05, 4.69) is 16.6 Å². The van der Waals surface area contributed by atoms with Gasteiger partial charge in [-0.2, -0.15) is 0 Å². The minimum absolute atomic E-state index is 0.0620. The van der Waals surface area contributed by atoms with Crippen LogP contribution in [0.15, 0.2) is 39.6 Å². The van der Waals surface area contributed by atoms with Crippen molar-refractivity contribution in [1.29, 1.82) is 0 Å². The van der Waals surface area contributed by atoms with Crippen LogP contribution in [0, 0.1) is 0 Å². The summed E-state index contributed by atoms with van der Waals surface area (Å²) in [4.78, 5) is 0.539. The van der Waals surface area contributed by atoms with Crippen molar-refractivity contribution >= 4 is 39.8 Å². The third-order valence-electron chi connectivity index (χ3n) is 2.31. The fourth-order valence-corrected chi connectivity index (χ4v) is 5.74. The van der Waals surface area contributed by atoms with Crippen LogP contribution in [0.25, 0.3) is 0 Å². The highest BCUT2D eigenvalue weighted by Gasteiger charge is 2.17. The molecule has 1 unspecified atom stereocenters. The average Bonchev–Trinajstić information content (AvgIpc) is 2.42. The summed E-state index contributed by atoms with van der Waals surface area (Å²) in [6, 6.07) is 8.92. The Morgan fingerprint density at radius 1 is 1.22 bits per heavy atom. The molecule has 5 nitrogen and oxygen atoms in total. The fourth-order valence-electron chi connectivity index (χ4n) is 1.62. The molecule has 0 fully saturated rings. The highest BCUT2D eigenvalue weighted by molar-refractivity contribution is 8.60. The lowest BCUT2D eigenvalue weighted by Gasteiger charge is -2.19. The van der Waals surface area contributed by atoms with Crippen molar-refractivity contribution in [3.63, 3.8) is 0 Å². The monoisotopic (exact) mass is 397 g/mol. The molecule has 1 aromatic carbocycles. The van der Waals surface area contributed by atoms with Crippen LogP contribution < -0.4 is 0 Å². The van der Waals surface area contributed by atoms with Crippen LogP contribution in [0.2, 0.25) is 0 Å². The van der Waals surface area contributed by atoms with Gasteiger partial charge in [0.1, 0.15) is 0 Å². The molecule has 0 radical (unpaired) electrons. The molecule has 0 aliphatic carbocycles. The van der Waals surface area contributed by atoms with Crippen LogP contribution in [-0.4, -0.2) is 29.6 Å². The maximum Gasteiger partial charge on any atom is 0.244 e. The van der Waals surface area contributed by atoms with E-state index >= 15 is 0 Å². The van der Waals surface area contributed by atoms with Crippen molar-refractivity contribution in [2.75, 3.05) is 13.2 Å². The zero-order chi connectivity index (χ0) is 17.5. The molecule has 0 spiro atoms. The summed E-state index contributed by atoms with van der Waals surface area (Å²) in [6.07, 6.45) is -0.278. The molecule has 0 heterocycles. The van der Waals surface area contributed by atoms with Gasteiger partial charge >= 0.3 is 0 Å². The lowest BCUT2D eigenvalue weighted by Crippen LogP contribution is -2.14. The van der Waals surface area contributed by atoms with Gasteiger partial charge in [0, 0.05) is 0 Å². The number of rotatable bonds is 9. The molecule has 0 N–H and O–H groups in total. The first kappa shape index (κ1) is 21.1. The van der Waals surface area contributed by atoms with E-state index in [1.54, 1.807) is 24.3 Å². The van der Waals surface area contributed by atoms with Gasteiger partial charge in [0.25, 0.3) is 0 Å². The first-order valence-corrected chi connectivity index (χ1v) is 12.5. The second kappa shape index (κ2) is 9.51. The minimum Gasteiger partial charge on any atom is -0.320 e. The van der Waals surface area contributed by atoms with Gasteiger partial charge in [-0.25, -0.2) is 8.57 Å². The molecule has 9 heteroatoms. The molecule has 0 aliphatic heterocycles. The Hall–Kier alpha value is 0.0500. The van der Waals surface area contributed by atoms with E-state index in [-0.39, 0.29) is 25.4 Å². The fraction of sp³-hybridized carbons (Fsp3) is 0.571. The largest absolute Gasteiger partial charge is 0.320 e. The van der Waals surface area contributed by atoms with E-state index in [4.69, 9.17) is 25.0 Å². The van der Waals surface area contributed by atoms with Gasteiger partial charge in [-0.15, -0.1) is 0 Å². The molecule has 0 aliphatic rings. The molecule has 0 saturated heterocycles. The van der Waals surface area contributed by atoms with E-state index in [9.17, 15) is 4.21 Å². The van der Waals surface area contributed by atoms with Crippen LogP contribution in [-0.2, 0) is 35.0 Å². The van der Waals surface area contributed by atoms with Crippen molar-refractivity contribution in [1.82, 2.24) is 0 Å². The van der Waals surface area contributed by atoms with Gasteiger partial charge in [-0.3, -0.25) is 4.18 Å². The van der Waals surface area contributed by atoms with Gasteiger partial charge in [0.05, 0.1) is 30.3 Å². The van der Waals surface area contributed by atoms with Crippen molar-refractivity contribution in [3.05, 3.63) is 30.3 Å². The topological polar surface area (TPSA) is 57.1 Å². The van der Waals surface area contributed by atoms with Gasteiger partial charge in [0.2, 0.25) is 5.69 Å². The Bertz CT molecular complexity index is 643. The lowest BCUT2D eigenvalue weighted by atomic mass is 10.4. The molecule has 23 heavy (non-hydrogen) atoms. The summed E-state index contributed by atoms with van der Waals surface area (Å²) >= 11 is 9.41. The van der Waals surface area contributed by atoms with Gasteiger partial charge in [0.15, 0.2) is 10.0 Å². The Balaban J connectivity index is 2.80. The van der Waals surface area contributed by atoms with Crippen molar-refractivity contribution in [3.8, 4) is 0 Å². The molecule has 0 amide bonds. The molecule has 2 atom stereocenters. The smallest absolute Gasteiger partial charge is 0.244 e. The van der Waals surface area contributed by atoms with Crippen LogP contribution >= 0.6 is 17.9 Å². The summed E-state index contributed by atoms with van der Waals surface area (Å²) in [5, 5.41) is 0. The molecule has 132 valence electrons. The standard InChI is InChI=1S/C14H24NO4PS3/c1-12(2)18-20(21,22)17-11-10-15-23(16,19-13(3)4)14-8-6-5-7-9-14/h5-9,12-13H,10-11H2,1-4H3,(H,21,22)/t23-/m0/s1. The number of thiol groups is 1. The van der Waals surface area contributed by atoms with Gasteiger partial charge in [-0.1, -0.05) is 30.4 Å². The molecular formula is C14H24NO4PS3. The van der Waals surface area contributed by atoms with Gasteiger partial charge in [-0.05, 0) is 51.6 Å². The number of hydrogen-bond acceptors (Lipinski definition) is 6. The summed E-state index contributed by atoms with van der Waals surface area (Å²) in [6.45, 7) is 7.73. The first-order chi connectivity index (χ1) is 10.6. The second-order valence-corrected chi connectivity index (χ2v) is 12.4. The molecule has 0 aromatic heterocycles. The number of hydrogen-bond donors (Lipinski definition) is 1. The van der Waals surface area contributed by atoms with E-state index in [0.717, 1.165) is 0 Å². The maximum atomic E-state index is 13.0.